The van der Waals surface area contributed by atoms with E-state index in [9.17, 15) is 4.79 Å². The lowest BCUT2D eigenvalue weighted by atomic mass is 9.75. The number of nitrogens with one attached hydrogen (secondary N) is 1. The van der Waals surface area contributed by atoms with Crippen LogP contribution < -0.4 is 10.2 Å². The van der Waals surface area contributed by atoms with E-state index in [4.69, 9.17) is 0 Å². The third-order valence-corrected chi connectivity index (χ3v) is 5.08. The van der Waals surface area contributed by atoms with Gasteiger partial charge in [0.25, 0.3) is 0 Å². The number of hydrogen-bond acceptors (Lipinski definition) is 3. The lowest BCUT2D eigenvalue weighted by molar-refractivity contribution is -0.118. The number of carbonyl (C=O) groups is 1. The van der Waals surface area contributed by atoms with Crippen LogP contribution in [0.5, 0.6) is 0 Å². The molecule has 1 fully saturated rings. The maximum Gasteiger partial charge on any atom is 0.241 e. The molecule has 0 saturated carbocycles. The van der Waals surface area contributed by atoms with Crippen molar-refractivity contribution in [3.63, 3.8) is 0 Å². The number of aromatic nitrogens is 1. The quantitative estimate of drug-likeness (QED) is 0.928. The van der Waals surface area contributed by atoms with Gasteiger partial charge in [-0.25, -0.2) is 0 Å². The fourth-order valence-electron chi connectivity index (χ4n) is 3.83. The minimum Gasteiger partial charge on any atom is -0.335 e. The molecule has 0 spiro atoms. The van der Waals surface area contributed by atoms with Crippen LogP contribution in [0.2, 0.25) is 0 Å². The Morgan fingerprint density at radius 2 is 2.04 bits per heavy atom. The van der Waals surface area contributed by atoms with Crippen molar-refractivity contribution in [3.05, 3.63) is 66.0 Å². The predicted octanol–water partition coefficient (Wildman–Crippen LogP) is 2.72. The molecule has 0 aliphatic carbocycles. The van der Waals surface area contributed by atoms with Gasteiger partial charge in [0, 0.05) is 23.5 Å². The summed E-state index contributed by atoms with van der Waals surface area (Å²) in [5.74, 6) is 0.0587. The van der Waals surface area contributed by atoms with E-state index in [1.807, 2.05) is 30.5 Å². The summed E-state index contributed by atoms with van der Waals surface area (Å²) in [4.78, 5) is 18.5. The van der Waals surface area contributed by atoms with Gasteiger partial charge in [-0.15, -0.1) is 0 Å². The second-order valence-corrected chi connectivity index (χ2v) is 6.66. The molecule has 1 N–H and O–H groups in total. The highest BCUT2D eigenvalue weighted by Gasteiger charge is 2.59. The van der Waals surface area contributed by atoms with Crippen LogP contribution in [0.1, 0.15) is 25.0 Å². The highest BCUT2D eigenvalue weighted by molar-refractivity contribution is 5.91. The lowest BCUT2D eigenvalue weighted by Crippen LogP contribution is -2.58. The third-order valence-electron chi connectivity index (χ3n) is 5.08. The molecule has 2 aliphatic rings. The molecule has 1 saturated heterocycles. The summed E-state index contributed by atoms with van der Waals surface area (Å²) < 4.78 is 0. The SMILES string of the molecule is CC1(C)c2ccccc2N2CC(=O)NC21C=Cc1cccnc1. The van der Waals surface area contributed by atoms with Crippen LogP contribution in [0.15, 0.2) is 54.9 Å². The van der Waals surface area contributed by atoms with Crippen LogP contribution in [-0.2, 0) is 10.2 Å². The second-order valence-electron chi connectivity index (χ2n) is 6.66. The van der Waals surface area contributed by atoms with Gasteiger partial charge in [-0.05, 0) is 29.3 Å². The zero-order valence-electron chi connectivity index (χ0n) is 13.3. The van der Waals surface area contributed by atoms with Crippen LogP contribution in [0.4, 0.5) is 5.69 Å². The van der Waals surface area contributed by atoms with Gasteiger partial charge in [0.2, 0.25) is 5.91 Å². The standard InChI is InChI=1S/C19H19N3O/c1-18(2)15-7-3-4-8-16(15)22-13-17(23)21-19(18,22)10-9-14-6-5-11-20-12-14/h3-12H,13H2,1-2H3,(H,21,23). The van der Waals surface area contributed by atoms with Gasteiger partial charge in [-0.3, -0.25) is 9.78 Å². The van der Waals surface area contributed by atoms with Crippen molar-refractivity contribution in [1.29, 1.82) is 0 Å². The summed E-state index contributed by atoms with van der Waals surface area (Å²) in [6, 6.07) is 12.3. The summed E-state index contributed by atoms with van der Waals surface area (Å²) in [7, 11) is 0. The molecule has 2 aliphatic heterocycles. The second kappa shape index (κ2) is 4.69. The number of nitrogens with zero attached hydrogens (tertiary/aromatic N) is 2. The number of amides is 1. The topological polar surface area (TPSA) is 45.2 Å². The molecule has 1 aromatic carbocycles. The molecular weight excluding hydrogens is 286 g/mol. The van der Waals surface area contributed by atoms with E-state index in [0.717, 1.165) is 11.3 Å². The van der Waals surface area contributed by atoms with Gasteiger partial charge in [0.1, 0.15) is 5.66 Å². The van der Waals surface area contributed by atoms with Crippen molar-refractivity contribution >= 4 is 17.7 Å². The van der Waals surface area contributed by atoms with Crippen LogP contribution in [-0.4, -0.2) is 23.1 Å². The molecule has 0 radical (unpaired) electrons. The largest absolute Gasteiger partial charge is 0.335 e. The minimum atomic E-state index is -0.538. The Morgan fingerprint density at radius 3 is 2.83 bits per heavy atom. The summed E-state index contributed by atoms with van der Waals surface area (Å²) in [5, 5.41) is 3.22. The highest BCUT2D eigenvalue weighted by Crippen LogP contribution is 2.52. The van der Waals surface area contributed by atoms with E-state index in [0.29, 0.717) is 6.54 Å². The van der Waals surface area contributed by atoms with E-state index in [1.165, 1.54) is 5.56 Å². The summed E-state index contributed by atoms with van der Waals surface area (Å²) in [5.41, 5.74) is 2.65. The first-order valence-electron chi connectivity index (χ1n) is 7.82. The molecule has 116 valence electrons. The number of benzene rings is 1. The van der Waals surface area contributed by atoms with Crippen LogP contribution in [0, 0.1) is 0 Å². The molecule has 4 rings (SSSR count). The van der Waals surface area contributed by atoms with Crippen molar-refractivity contribution in [1.82, 2.24) is 10.3 Å². The summed E-state index contributed by atoms with van der Waals surface area (Å²) >= 11 is 0. The zero-order chi connectivity index (χ0) is 16.1. The van der Waals surface area contributed by atoms with Crippen molar-refractivity contribution in [2.75, 3.05) is 11.4 Å². The van der Waals surface area contributed by atoms with Gasteiger partial charge in [-0.1, -0.05) is 44.2 Å². The number of carbonyl (C=O) groups excluding carboxylic acids is 1. The van der Waals surface area contributed by atoms with Crippen molar-refractivity contribution in [3.8, 4) is 0 Å². The first-order chi connectivity index (χ1) is 11.0. The number of hydrogen-bond donors (Lipinski definition) is 1. The van der Waals surface area contributed by atoms with E-state index in [1.54, 1.807) is 6.20 Å². The van der Waals surface area contributed by atoms with Gasteiger partial charge < -0.3 is 10.2 Å². The first kappa shape index (κ1) is 14.0. The lowest BCUT2D eigenvalue weighted by Gasteiger charge is -2.40. The number of rotatable bonds is 2. The molecule has 1 aromatic heterocycles. The van der Waals surface area contributed by atoms with Gasteiger partial charge in [-0.2, -0.15) is 0 Å². The van der Waals surface area contributed by atoms with Gasteiger partial charge in [0.05, 0.1) is 6.54 Å². The Bertz CT molecular complexity index is 797. The Balaban J connectivity index is 1.85. The molecule has 1 unspecified atom stereocenters. The molecule has 1 amide bonds. The fraction of sp³-hybridized carbons (Fsp3) is 0.263. The van der Waals surface area contributed by atoms with E-state index >= 15 is 0 Å². The monoisotopic (exact) mass is 305 g/mol. The van der Waals surface area contributed by atoms with Crippen molar-refractivity contribution in [2.45, 2.75) is 24.9 Å². The Morgan fingerprint density at radius 1 is 1.22 bits per heavy atom. The summed E-state index contributed by atoms with van der Waals surface area (Å²) in [6.07, 6.45) is 7.73. The first-order valence-corrected chi connectivity index (χ1v) is 7.82. The van der Waals surface area contributed by atoms with E-state index in [2.05, 4.69) is 53.3 Å². The normalized spacial score (nSPS) is 24.6. The maximum absolute atomic E-state index is 12.2. The maximum atomic E-state index is 12.2. The molecule has 23 heavy (non-hydrogen) atoms. The van der Waals surface area contributed by atoms with E-state index in [-0.39, 0.29) is 11.3 Å². The van der Waals surface area contributed by atoms with Gasteiger partial charge in [0.15, 0.2) is 0 Å². The van der Waals surface area contributed by atoms with Crippen LogP contribution in [0.25, 0.3) is 6.08 Å². The van der Waals surface area contributed by atoms with Crippen LogP contribution in [0.3, 0.4) is 0 Å². The number of para-hydroxylation sites is 1. The molecule has 1 atom stereocenters. The Labute approximate surface area is 135 Å². The average molecular weight is 305 g/mol. The van der Waals surface area contributed by atoms with Crippen molar-refractivity contribution in [2.24, 2.45) is 0 Å². The predicted molar refractivity (Wildman–Crippen MR) is 91.0 cm³/mol. The summed E-state index contributed by atoms with van der Waals surface area (Å²) in [6.45, 7) is 4.76. The third kappa shape index (κ3) is 1.84. The number of pyridine rings is 1. The van der Waals surface area contributed by atoms with Gasteiger partial charge >= 0.3 is 0 Å². The Kier molecular flexibility index (Phi) is 2.85. The highest BCUT2D eigenvalue weighted by atomic mass is 16.2. The minimum absolute atomic E-state index is 0.0587. The molecular formula is C19H19N3O. The number of fused-ring (bicyclic) bond motifs is 3. The average Bonchev–Trinajstić information content (AvgIpc) is 2.99. The smallest absolute Gasteiger partial charge is 0.241 e. The molecule has 4 heteroatoms. The molecule has 2 aromatic rings. The number of anilines is 1. The fourth-order valence-corrected chi connectivity index (χ4v) is 3.83. The molecule has 4 nitrogen and oxygen atoms in total. The molecule has 0 bridgehead atoms. The van der Waals surface area contributed by atoms with Crippen molar-refractivity contribution < 1.29 is 4.79 Å². The van der Waals surface area contributed by atoms with E-state index < -0.39 is 5.66 Å². The van der Waals surface area contributed by atoms with Crippen LogP contribution >= 0.6 is 0 Å². The molecule has 3 heterocycles. The Hall–Kier alpha value is -2.62. The zero-order valence-corrected chi connectivity index (χ0v) is 13.3.